The summed E-state index contributed by atoms with van der Waals surface area (Å²) in [4.78, 5) is 20.1. The van der Waals surface area contributed by atoms with Gasteiger partial charge in [-0.15, -0.1) is 0 Å². The fourth-order valence-corrected chi connectivity index (χ4v) is 1.88. The Kier molecular flexibility index (Phi) is 4.68. The van der Waals surface area contributed by atoms with Gasteiger partial charge < -0.3 is 4.74 Å². The highest BCUT2D eigenvalue weighted by molar-refractivity contribution is 9.10. The SMILES string of the molecule is Cc1ccnc(NC(=O)[C@H](C)Oc2ccccc2Br)n1. The van der Waals surface area contributed by atoms with Gasteiger partial charge in [-0.3, -0.25) is 10.1 Å². The summed E-state index contributed by atoms with van der Waals surface area (Å²) in [6, 6.07) is 9.12. The second-order valence-electron chi connectivity index (χ2n) is 4.20. The molecule has 0 aliphatic carbocycles. The van der Waals surface area contributed by atoms with E-state index in [1.54, 1.807) is 25.3 Å². The zero-order valence-electron chi connectivity index (χ0n) is 11.1. The number of anilines is 1. The van der Waals surface area contributed by atoms with Crippen molar-refractivity contribution in [3.05, 3.63) is 46.7 Å². The van der Waals surface area contributed by atoms with Crippen molar-refractivity contribution in [1.29, 1.82) is 0 Å². The number of amides is 1. The van der Waals surface area contributed by atoms with E-state index in [0.29, 0.717) is 5.75 Å². The first-order valence-corrected chi connectivity index (χ1v) is 6.87. The number of hydrogen-bond acceptors (Lipinski definition) is 4. The lowest BCUT2D eigenvalue weighted by molar-refractivity contribution is -0.122. The Hall–Kier alpha value is -1.95. The second kappa shape index (κ2) is 6.47. The van der Waals surface area contributed by atoms with Gasteiger partial charge in [0.15, 0.2) is 6.10 Å². The van der Waals surface area contributed by atoms with Gasteiger partial charge in [0.1, 0.15) is 5.75 Å². The summed E-state index contributed by atoms with van der Waals surface area (Å²) < 4.78 is 6.39. The van der Waals surface area contributed by atoms with Gasteiger partial charge in [-0.25, -0.2) is 9.97 Å². The highest BCUT2D eigenvalue weighted by atomic mass is 79.9. The molecule has 1 aromatic carbocycles. The Morgan fingerprint density at radius 1 is 1.35 bits per heavy atom. The third kappa shape index (κ3) is 3.77. The minimum atomic E-state index is -0.655. The molecule has 2 aromatic rings. The highest BCUT2D eigenvalue weighted by Gasteiger charge is 2.16. The first kappa shape index (κ1) is 14.5. The quantitative estimate of drug-likeness (QED) is 0.932. The normalized spacial score (nSPS) is 11.8. The van der Waals surface area contributed by atoms with Crippen LogP contribution in [0.25, 0.3) is 0 Å². The van der Waals surface area contributed by atoms with Crippen LogP contribution in [-0.2, 0) is 4.79 Å². The summed E-state index contributed by atoms with van der Waals surface area (Å²) in [6.07, 6.45) is 0.940. The number of halogens is 1. The molecule has 0 unspecified atom stereocenters. The van der Waals surface area contributed by atoms with Crippen molar-refractivity contribution >= 4 is 27.8 Å². The van der Waals surface area contributed by atoms with E-state index in [1.165, 1.54) is 0 Å². The van der Waals surface area contributed by atoms with Gasteiger partial charge in [-0.05, 0) is 48.0 Å². The third-order valence-electron chi connectivity index (χ3n) is 2.54. The monoisotopic (exact) mass is 335 g/mol. The highest BCUT2D eigenvalue weighted by Crippen LogP contribution is 2.24. The maximum atomic E-state index is 12.0. The second-order valence-corrected chi connectivity index (χ2v) is 5.06. The summed E-state index contributed by atoms with van der Waals surface area (Å²) in [7, 11) is 0. The Morgan fingerprint density at radius 3 is 2.80 bits per heavy atom. The minimum Gasteiger partial charge on any atom is -0.480 e. The van der Waals surface area contributed by atoms with E-state index in [4.69, 9.17) is 4.74 Å². The van der Waals surface area contributed by atoms with Crippen LogP contribution in [0.5, 0.6) is 5.75 Å². The summed E-state index contributed by atoms with van der Waals surface area (Å²) in [5, 5.41) is 2.62. The predicted molar refractivity (Wildman–Crippen MR) is 79.6 cm³/mol. The van der Waals surface area contributed by atoms with E-state index < -0.39 is 6.10 Å². The number of hydrogen-bond donors (Lipinski definition) is 1. The molecule has 0 aliphatic heterocycles. The van der Waals surface area contributed by atoms with E-state index in [0.717, 1.165) is 10.2 Å². The number of rotatable bonds is 4. The maximum Gasteiger partial charge on any atom is 0.267 e. The number of aromatic nitrogens is 2. The largest absolute Gasteiger partial charge is 0.480 e. The fourth-order valence-electron chi connectivity index (χ4n) is 1.51. The smallest absolute Gasteiger partial charge is 0.267 e. The molecule has 1 heterocycles. The topological polar surface area (TPSA) is 64.1 Å². The van der Waals surface area contributed by atoms with Crippen molar-refractivity contribution in [2.45, 2.75) is 20.0 Å². The first-order valence-electron chi connectivity index (χ1n) is 6.08. The van der Waals surface area contributed by atoms with Crippen molar-refractivity contribution in [3.63, 3.8) is 0 Å². The first-order chi connectivity index (χ1) is 9.56. The van der Waals surface area contributed by atoms with Crippen LogP contribution in [0.4, 0.5) is 5.95 Å². The molecule has 1 aromatic heterocycles. The number of nitrogens with zero attached hydrogens (tertiary/aromatic N) is 2. The van der Waals surface area contributed by atoms with Gasteiger partial charge in [-0.1, -0.05) is 12.1 Å². The number of carbonyl (C=O) groups excluding carboxylic acids is 1. The number of para-hydroxylation sites is 1. The molecule has 0 aliphatic rings. The molecule has 1 atom stereocenters. The van der Waals surface area contributed by atoms with E-state index in [-0.39, 0.29) is 11.9 Å². The van der Waals surface area contributed by atoms with Crippen molar-refractivity contribution in [3.8, 4) is 5.75 Å². The molecule has 0 spiro atoms. The fraction of sp³-hybridized carbons (Fsp3) is 0.214. The number of ether oxygens (including phenoxy) is 1. The molecule has 1 amide bonds. The Balaban J connectivity index is 2.01. The van der Waals surface area contributed by atoms with Crippen molar-refractivity contribution < 1.29 is 9.53 Å². The Labute approximate surface area is 125 Å². The molecule has 0 fully saturated rings. The molecule has 2 rings (SSSR count). The number of carbonyl (C=O) groups is 1. The van der Waals surface area contributed by atoms with Gasteiger partial charge in [-0.2, -0.15) is 0 Å². The third-order valence-corrected chi connectivity index (χ3v) is 3.19. The summed E-state index contributed by atoms with van der Waals surface area (Å²) in [5.41, 5.74) is 0.787. The number of benzene rings is 1. The van der Waals surface area contributed by atoms with Crippen LogP contribution >= 0.6 is 15.9 Å². The molecule has 1 N–H and O–H groups in total. The van der Waals surface area contributed by atoms with Crippen molar-refractivity contribution in [2.75, 3.05) is 5.32 Å². The molecule has 0 bridgehead atoms. The summed E-state index contributed by atoms with van der Waals surface area (Å²) in [6.45, 7) is 3.50. The number of aryl methyl sites for hydroxylation is 1. The molecule has 5 nitrogen and oxygen atoms in total. The van der Waals surface area contributed by atoms with Gasteiger partial charge in [0, 0.05) is 11.9 Å². The van der Waals surface area contributed by atoms with E-state index in [2.05, 4.69) is 31.2 Å². The van der Waals surface area contributed by atoms with Crippen LogP contribution in [-0.4, -0.2) is 22.0 Å². The summed E-state index contributed by atoms with van der Waals surface area (Å²) in [5.74, 6) is 0.587. The zero-order valence-corrected chi connectivity index (χ0v) is 12.7. The van der Waals surface area contributed by atoms with E-state index >= 15 is 0 Å². The molecule has 0 saturated carbocycles. The van der Waals surface area contributed by atoms with E-state index in [9.17, 15) is 4.79 Å². The van der Waals surface area contributed by atoms with Crippen LogP contribution in [0.3, 0.4) is 0 Å². The number of nitrogens with one attached hydrogen (secondary N) is 1. The molecular formula is C14H14BrN3O2. The van der Waals surface area contributed by atoms with Crippen LogP contribution < -0.4 is 10.1 Å². The average molecular weight is 336 g/mol. The van der Waals surface area contributed by atoms with Crippen LogP contribution in [0, 0.1) is 6.92 Å². The molecular weight excluding hydrogens is 322 g/mol. The molecule has 0 radical (unpaired) electrons. The predicted octanol–water partition coefficient (Wildman–Crippen LogP) is 2.95. The minimum absolute atomic E-state index is 0.276. The van der Waals surface area contributed by atoms with E-state index in [1.807, 2.05) is 25.1 Å². The zero-order chi connectivity index (χ0) is 14.5. The Bertz CT molecular complexity index is 619. The van der Waals surface area contributed by atoms with Gasteiger partial charge >= 0.3 is 0 Å². The summed E-state index contributed by atoms with van der Waals surface area (Å²) >= 11 is 3.37. The lowest BCUT2D eigenvalue weighted by atomic mass is 10.3. The maximum absolute atomic E-state index is 12.0. The van der Waals surface area contributed by atoms with Crippen molar-refractivity contribution in [1.82, 2.24) is 9.97 Å². The molecule has 6 heteroatoms. The van der Waals surface area contributed by atoms with Gasteiger partial charge in [0.25, 0.3) is 5.91 Å². The van der Waals surface area contributed by atoms with Crippen molar-refractivity contribution in [2.24, 2.45) is 0 Å². The lowest BCUT2D eigenvalue weighted by Crippen LogP contribution is -2.31. The lowest BCUT2D eigenvalue weighted by Gasteiger charge is -2.15. The Morgan fingerprint density at radius 2 is 2.10 bits per heavy atom. The average Bonchev–Trinajstić information content (AvgIpc) is 2.41. The molecule has 20 heavy (non-hydrogen) atoms. The van der Waals surface area contributed by atoms with Crippen LogP contribution in [0.15, 0.2) is 41.0 Å². The van der Waals surface area contributed by atoms with Gasteiger partial charge in [0.05, 0.1) is 4.47 Å². The standard InChI is InChI=1S/C14H14BrN3O2/c1-9-7-8-16-14(17-9)18-13(19)10(2)20-12-6-4-3-5-11(12)15/h3-8,10H,1-2H3,(H,16,17,18,19)/t10-/m0/s1. The van der Waals surface area contributed by atoms with Crippen LogP contribution in [0.1, 0.15) is 12.6 Å². The molecule has 0 saturated heterocycles. The molecule has 104 valence electrons. The van der Waals surface area contributed by atoms with Crippen LogP contribution in [0.2, 0.25) is 0 Å². The van der Waals surface area contributed by atoms with Gasteiger partial charge in [0.2, 0.25) is 5.95 Å².